The van der Waals surface area contributed by atoms with Gasteiger partial charge in [-0.2, -0.15) is 4.31 Å². The fourth-order valence-electron chi connectivity index (χ4n) is 3.08. The molecule has 0 spiro atoms. The first kappa shape index (κ1) is 19.0. The number of sulfonamides is 1. The van der Waals surface area contributed by atoms with E-state index in [0.717, 1.165) is 23.5 Å². The van der Waals surface area contributed by atoms with E-state index in [1.54, 1.807) is 39.9 Å². The number of amides is 1. The van der Waals surface area contributed by atoms with Crippen LogP contribution < -0.4 is 5.32 Å². The van der Waals surface area contributed by atoms with Gasteiger partial charge in [-0.1, -0.05) is 0 Å². The minimum Gasteiger partial charge on any atom is -0.326 e. The average Bonchev–Trinajstić information content (AvgIpc) is 2.94. The highest BCUT2D eigenvalue weighted by Crippen LogP contribution is 2.34. The molecule has 26 heavy (non-hydrogen) atoms. The van der Waals surface area contributed by atoms with Gasteiger partial charge < -0.3 is 5.32 Å². The molecule has 1 fully saturated rings. The summed E-state index contributed by atoms with van der Waals surface area (Å²) in [5.41, 5.74) is 1.66. The summed E-state index contributed by atoms with van der Waals surface area (Å²) in [6.45, 7) is 6.50. The zero-order valence-electron chi connectivity index (χ0n) is 15.2. The van der Waals surface area contributed by atoms with E-state index in [4.69, 9.17) is 0 Å². The Morgan fingerprint density at radius 3 is 2.31 bits per heavy atom. The molecule has 3 rings (SSSR count). The lowest BCUT2D eigenvalue weighted by atomic mass is 9.99. The average molecular weight is 394 g/mol. The van der Waals surface area contributed by atoms with E-state index in [1.165, 1.54) is 11.8 Å². The van der Waals surface area contributed by atoms with Gasteiger partial charge in [0.1, 0.15) is 0 Å². The van der Waals surface area contributed by atoms with Gasteiger partial charge in [0.25, 0.3) is 0 Å². The van der Waals surface area contributed by atoms with E-state index >= 15 is 0 Å². The smallest absolute Gasteiger partial charge is 0.243 e. The molecule has 0 radical (unpaired) electrons. The summed E-state index contributed by atoms with van der Waals surface area (Å²) in [5, 5.41) is 3.76. The molecule has 1 N–H and O–H groups in total. The van der Waals surface area contributed by atoms with Gasteiger partial charge in [0.2, 0.25) is 15.9 Å². The van der Waals surface area contributed by atoms with Crippen LogP contribution >= 0.6 is 11.3 Å². The third-order valence-corrected chi connectivity index (χ3v) is 7.81. The Hall–Kier alpha value is -1.77. The third-order valence-electron chi connectivity index (χ3n) is 4.66. The van der Waals surface area contributed by atoms with Gasteiger partial charge in [-0.3, -0.25) is 4.79 Å². The maximum absolute atomic E-state index is 12.8. The first-order valence-corrected chi connectivity index (χ1v) is 10.8. The van der Waals surface area contributed by atoms with Crippen LogP contribution in [0.15, 0.2) is 29.2 Å². The molecular formula is C18H23N3O3S2. The van der Waals surface area contributed by atoms with Crippen molar-refractivity contribution in [2.24, 2.45) is 0 Å². The minimum atomic E-state index is -3.51. The van der Waals surface area contributed by atoms with Crippen molar-refractivity contribution in [1.82, 2.24) is 9.29 Å². The summed E-state index contributed by atoms with van der Waals surface area (Å²) in [6.07, 6.45) is 1.57. The third kappa shape index (κ3) is 3.97. The van der Waals surface area contributed by atoms with Crippen LogP contribution in [0.5, 0.6) is 0 Å². The summed E-state index contributed by atoms with van der Waals surface area (Å²) >= 11 is 1.72. The number of nitrogens with zero attached hydrogens (tertiary/aromatic N) is 2. The summed E-state index contributed by atoms with van der Waals surface area (Å²) in [7, 11) is -3.51. The van der Waals surface area contributed by atoms with Crippen molar-refractivity contribution in [1.29, 1.82) is 0 Å². The zero-order chi connectivity index (χ0) is 18.9. The second-order valence-electron chi connectivity index (χ2n) is 6.58. The van der Waals surface area contributed by atoms with Crippen LogP contribution in [0.25, 0.3) is 0 Å². The van der Waals surface area contributed by atoms with Gasteiger partial charge in [-0.25, -0.2) is 13.4 Å². The summed E-state index contributed by atoms with van der Waals surface area (Å²) in [5.74, 6) is 0.149. The topological polar surface area (TPSA) is 79.4 Å². The molecule has 1 aromatic carbocycles. The fourth-order valence-corrected chi connectivity index (χ4v) is 5.64. The van der Waals surface area contributed by atoms with Gasteiger partial charge in [0.15, 0.2) is 0 Å². The number of anilines is 1. The molecule has 0 unspecified atom stereocenters. The number of benzene rings is 1. The van der Waals surface area contributed by atoms with Crippen LogP contribution in [0, 0.1) is 13.8 Å². The minimum absolute atomic E-state index is 0.185. The number of piperidine rings is 1. The van der Waals surface area contributed by atoms with Crippen molar-refractivity contribution in [2.45, 2.75) is 44.4 Å². The molecule has 140 valence electrons. The van der Waals surface area contributed by atoms with Crippen LogP contribution in [0.3, 0.4) is 0 Å². The Morgan fingerprint density at radius 1 is 1.19 bits per heavy atom. The van der Waals surface area contributed by atoms with E-state index in [1.807, 2.05) is 6.92 Å². The first-order valence-electron chi connectivity index (χ1n) is 8.59. The number of carbonyl (C=O) groups is 1. The molecule has 1 saturated heterocycles. The Labute approximate surface area is 158 Å². The van der Waals surface area contributed by atoms with Gasteiger partial charge in [-0.05, 0) is 51.0 Å². The number of aromatic nitrogens is 1. The summed E-state index contributed by atoms with van der Waals surface area (Å²) < 4.78 is 27.2. The molecule has 8 heteroatoms. The lowest BCUT2D eigenvalue weighted by Crippen LogP contribution is -2.37. The lowest BCUT2D eigenvalue weighted by Gasteiger charge is -2.30. The van der Waals surface area contributed by atoms with E-state index in [-0.39, 0.29) is 10.8 Å². The number of hydrogen-bond acceptors (Lipinski definition) is 5. The number of rotatable bonds is 4. The van der Waals surface area contributed by atoms with E-state index in [0.29, 0.717) is 24.7 Å². The quantitative estimate of drug-likeness (QED) is 0.864. The molecule has 2 heterocycles. The molecule has 6 nitrogen and oxygen atoms in total. The normalized spacial score (nSPS) is 16.6. The molecule has 0 bridgehead atoms. The Bertz CT molecular complexity index is 877. The highest BCUT2D eigenvalue weighted by atomic mass is 32.2. The molecule has 0 atom stereocenters. The summed E-state index contributed by atoms with van der Waals surface area (Å²) in [4.78, 5) is 17.2. The predicted molar refractivity (Wildman–Crippen MR) is 103 cm³/mol. The molecule has 0 saturated carbocycles. The van der Waals surface area contributed by atoms with Gasteiger partial charge in [0, 0.05) is 36.5 Å². The molecule has 1 aliphatic heterocycles. The predicted octanol–water partition coefficient (Wildman–Crippen LogP) is 3.29. The monoisotopic (exact) mass is 393 g/mol. The highest BCUT2D eigenvalue weighted by molar-refractivity contribution is 7.89. The highest BCUT2D eigenvalue weighted by Gasteiger charge is 2.31. The van der Waals surface area contributed by atoms with Crippen LogP contribution in [0.2, 0.25) is 0 Å². The first-order chi connectivity index (χ1) is 12.3. The number of carbonyl (C=O) groups excluding carboxylic acids is 1. The van der Waals surface area contributed by atoms with E-state index in [2.05, 4.69) is 17.2 Å². The van der Waals surface area contributed by atoms with Gasteiger partial charge in [0.05, 0.1) is 15.6 Å². The van der Waals surface area contributed by atoms with Crippen LogP contribution in [0.1, 0.15) is 41.3 Å². The number of thiazole rings is 1. The van der Waals surface area contributed by atoms with E-state index in [9.17, 15) is 13.2 Å². The molecule has 1 aliphatic rings. The Morgan fingerprint density at radius 2 is 1.81 bits per heavy atom. The molecule has 0 aliphatic carbocycles. The number of aryl methyl sites for hydroxylation is 2. The van der Waals surface area contributed by atoms with Crippen molar-refractivity contribution in [3.63, 3.8) is 0 Å². The molecule has 1 aromatic heterocycles. The maximum atomic E-state index is 12.8. The van der Waals surface area contributed by atoms with E-state index < -0.39 is 10.0 Å². The van der Waals surface area contributed by atoms with Crippen molar-refractivity contribution < 1.29 is 13.2 Å². The van der Waals surface area contributed by atoms with Crippen LogP contribution in [-0.2, 0) is 14.8 Å². The molecule has 1 amide bonds. The standard InChI is InChI=1S/C18H23N3O3S2/c1-12-13(2)25-18(19-12)15-8-10-21(11-9-15)26(23,24)17-6-4-16(5-7-17)20-14(3)22/h4-7,15H,8-11H2,1-3H3,(H,20,22). The van der Waals surface area contributed by atoms with Crippen LogP contribution in [0.4, 0.5) is 5.69 Å². The van der Waals surface area contributed by atoms with Crippen molar-refractivity contribution in [2.75, 3.05) is 18.4 Å². The van der Waals surface area contributed by atoms with Gasteiger partial charge in [-0.15, -0.1) is 11.3 Å². The van der Waals surface area contributed by atoms with Crippen molar-refractivity contribution in [3.8, 4) is 0 Å². The number of nitrogens with one attached hydrogen (secondary N) is 1. The Kier molecular flexibility index (Phi) is 5.45. The molecule has 2 aromatic rings. The fraction of sp³-hybridized carbons (Fsp3) is 0.444. The Balaban J connectivity index is 1.68. The number of hydrogen-bond donors (Lipinski definition) is 1. The summed E-state index contributed by atoms with van der Waals surface area (Å²) in [6, 6.07) is 6.31. The SMILES string of the molecule is CC(=O)Nc1ccc(S(=O)(=O)N2CCC(c3nc(C)c(C)s3)CC2)cc1. The van der Waals surface area contributed by atoms with Crippen molar-refractivity contribution >= 4 is 33.0 Å². The lowest BCUT2D eigenvalue weighted by molar-refractivity contribution is -0.114. The van der Waals surface area contributed by atoms with Crippen LogP contribution in [-0.4, -0.2) is 36.7 Å². The molecular weight excluding hydrogens is 370 g/mol. The zero-order valence-corrected chi connectivity index (χ0v) is 16.8. The second-order valence-corrected chi connectivity index (χ2v) is 9.75. The van der Waals surface area contributed by atoms with Crippen molar-refractivity contribution in [3.05, 3.63) is 39.8 Å². The van der Waals surface area contributed by atoms with Gasteiger partial charge >= 0.3 is 0 Å². The largest absolute Gasteiger partial charge is 0.326 e. The maximum Gasteiger partial charge on any atom is 0.243 e. The second kappa shape index (κ2) is 7.46.